The topological polar surface area (TPSA) is 115 Å². The molecule has 8 nitrogen and oxygen atoms in total. The van der Waals surface area contributed by atoms with Gasteiger partial charge in [-0.25, -0.2) is 9.59 Å². The van der Waals surface area contributed by atoms with Gasteiger partial charge in [-0.3, -0.25) is 4.79 Å². The highest BCUT2D eigenvalue weighted by molar-refractivity contribution is 7.98. The van der Waals surface area contributed by atoms with Crippen molar-refractivity contribution < 1.29 is 28.6 Å². The Morgan fingerprint density at radius 3 is 2.69 bits per heavy atom. The molecule has 1 aromatic heterocycles. The van der Waals surface area contributed by atoms with Crippen LogP contribution in [0.5, 0.6) is 11.5 Å². The van der Waals surface area contributed by atoms with Crippen LogP contribution < -0.4 is 20.4 Å². The normalized spacial score (nSPS) is 15.0. The number of nitrogens with one attached hydrogen (secondary N) is 1. The van der Waals surface area contributed by atoms with Crippen LogP contribution >= 0.6 is 11.8 Å². The second kappa shape index (κ2) is 10.7. The van der Waals surface area contributed by atoms with Gasteiger partial charge in [-0.1, -0.05) is 30.3 Å². The van der Waals surface area contributed by atoms with E-state index in [9.17, 15) is 19.5 Å². The summed E-state index contributed by atoms with van der Waals surface area (Å²) in [6.07, 6.45) is 1.43. The summed E-state index contributed by atoms with van der Waals surface area (Å²) in [5, 5.41) is 12.7. The molecule has 0 saturated heterocycles. The molecule has 190 valence electrons. The first kappa shape index (κ1) is 25.6. The lowest BCUT2D eigenvalue weighted by atomic mass is 9.92. The van der Waals surface area contributed by atoms with Crippen LogP contribution in [0, 0.1) is 6.92 Å². The van der Waals surface area contributed by atoms with Gasteiger partial charge < -0.3 is 24.3 Å². The van der Waals surface area contributed by atoms with Gasteiger partial charge in [-0.2, -0.15) is 11.8 Å². The van der Waals surface area contributed by atoms with Crippen molar-refractivity contribution in [1.82, 2.24) is 5.32 Å². The van der Waals surface area contributed by atoms with E-state index in [4.69, 9.17) is 13.9 Å². The van der Waals surface area contributed by atoms with E-state index in [1.165, 1.54) is 17.8 Å². The van der Waals surface area contributed by atoms with Gasteiger partial charge in [0.15, 0.2) is 6.61 Å². The minimum atomic E-state index is -1.11. The molecule has 0 fully saturated rings. The second-order valence-electron chi connectivity index (χ2n) is 9.41. The van der Waals surface area contributed by atoms with Crippen molar-refractivity contribution in [2.75, 3.05) is 12.4 Å². The lowest BCUT2D eigenvalue weighted by Crippen LogP contribution is -2.44. The number of carboxylic acid groups (broad SMARTS) is 1. The van der Waals surface area contributed by atoms with Crippen LogP contribution in [0.1, 0.15) is 37.0 Å². The van der Waals surface area contributed by atoms with Crippen molar-refractivity contribution in [1.29, 1.82) is 0 Å². The fourth-order valence-electron chi connectivity index (χ4n) is 4.16. The molecule has 1 amide bonds. The highest BCUT2D eigenvalue weighted by atomic mass is 32.2. The van der Waals surface area contributed by atoms with Crippen LogP contribution in [0.15, 0.2) is 51.7 Å². The third-order valence-corrected chi connectivity index (χ3v) is 7.10. The standard InChI is InChI=1S/C27H29NO7S/c1-16-11-23(30)34-25-18-9-10-27(2,3)35-20(18)12-21(24(16)25)33-13-22(29)28-19(26(31)32)15-36-14-17-7-5-4-6-8-17/h4-8,11-12,19H,9-10,13-15H2,1-3H3,(H,28,29)(H,31,32)/t19-/m1/s1. The van der Waals surface area contributed by atoms with Gasteiger partial charge in [-0.05, 0) is 44.7 Å². The van der Waals surface area contributed by atoms with E-state index in [-0.39, 0.29) is 5.75 Å². The number of carboxylic acids is 1. The summed E-state index contributed by atoms with van der Waals surface area (Å²) in [5.74, 6) is 0.0530. The maximum atomic E-state index is 12.6. The van der Waals surface area contributed by atoms with Crippen LogP contribution in [0.3, 0.4) is 0 Å². The molecule has 2 heterocycles. The quantitative estimate of drug-likeness (QED) is 0.413. The van der Waals surface area contributed by atoms with Gasteiger partial charge in [0, 0.05) is 29.2 Å². The molecule has 0 aliphatic carbocycles. The second-order valence-corrected chi connectivity index (χ2v) is 10.4. The summed E-state index contributed by atoms with van der Waals surface area (Å²) in [4.78, 5) is 36.4. The first-order valence-corrected chi connectivity index (χ1v) is 12.8. The van der Waals surface area contributed by atoms with Gasteiger partial charge >= 0.3 is 11.6 Å². The number of fused-ring (bicyclic) bond motifs is 3. The highest BCUT2D eigenvalue weighted by Crippen LogP contribution is 2.42. The van der Waals surface area contributed by atoms with Crippen molar-refractivity contribution in [2.24, 2.45) is 0 Å². The molecule has 2 aromatic carbocycles. The molecule has 1 aliphatic rings. The summed E-state index contributed by atoms with van der Waals surface area (Å²) >= 11 is 1.42. The Balaban J connectivity index is 1.47. The first-order valence-electron chi connectivity index (χ1n) is 11.7. The van der Waals surface area contributed by atoms with Crippen molar-refractivity contribution in [3.63, 3.8) is 0 Å². The van der Waals surface area contributed by atoms with Crippen LogP contribution in [-0.2, 0) is 21.8 Å². The smallest absolute Gasteiger partial charge is 0.336 e. The summed E-state index contributed by atoms with van der Waals surface area (Å²) in [5.41, 5.74) is 2.05. The summed E-state index contributed by atoms with van der Waals surface area (Å²) in [6.45, 7) is 5.32. The van der Waals surface area contributed by atoms with E-state index in [1.807, 2.05) is 44.2 Å². The zero-order chi connectivity index (χ0) is 25.9. The number of carbonyl (C=O) groups is 2. The Labute approximate surface area is 213 Å². The van der Waals surface area contributed by atoms with E-state index >= 15 is 0 Å². The molecular weight excluding hydrogens is 482 g/mol. The number of hydrogen-bond acceptors (Lipinski definition) is 7. The maximum absolute atomic E-state index is 12.6. The average molecular weight is 512 g/mol. The van der Waals surface area contributed by atoms with E-state index < -0.39 is 35.8 Å². The minimum absolute atomic E-state index is 0.213. The fourth-order valence-corrected chi connectivity index (χ4v) is 5.16. The molecule has 0 unspecified atom stereocenters. The molecule has 4 rings (SSSR count). The molecule has 0 spiro atoms. The van der Waals surface area contributed by atoms with E-state index in [0.717, 1.165) is 17.5 Å². The van der Waals surface area contributed by atoms with Crippen molar-refractivity contribution in [3.8, 4) is 11.5 Å². The fraction of sp³-hybridized carbons (Fsp3) is 0.370. The number of aliphatic carboxylic acids is 1. The number of aryl methyl sites for hydroxylation is 2. The molecule has 3 aromatic rings. The Morgan fingerprint density at radius 2 is 1.97 bits per heavy atom. The first-order chi connectivity index (χ1) is 17.1. The largest absolute Gasteiger partial charge is 0.487 e. The Hall–Kier alpha value is -3.46. The van der Waals surface area contributed by atoms with Crippen LogP contribution in [0.2, 0.25) is 0 Å². The molecule has 1 aliphatic heterocycles. The number of benzene rings is 2. The number of carbonyl (C=O) groups excluding carboxylic acids is 1. The average Bonchev–Trinajstić information content (AvgIpc) is 2.81. The SMILES string of the molecule is Cc1cc(=O)oc2c3c(cc(OCC(=O)N[C@H](CSCc4ccccc4)C(=O)O)c12)OC(C)(C)CC3. The Bertz CT molecular complexity index is 1330. The molecular formula is C27H29NO7S. The van der Waals surface area contributed by atoms with Crippen molar-refractivity contribution >= 4 is 34.6 Å². The minimum Gasteiger partial charge on any atom is -0.487 e. The van der Waals surface area contributed by atoms with Crippen molar-refractivity contribution in [2.45, 2.75) is 51.0 Å². The van der Waals surface area contributed by atoms with E-state index in [0.29, 0.717) is 40.2 Å². The zero-order valence-electron chi connectivity index (χ0n) is 20.5. The molecule has 0 bridgehead atoms. The Morgan fingerprint density at radius 1 is 1.22 bits per heavy atom. The summed E-state index contributed by atoms with van der Waals surface area (Å²) in [7, 11) is 0. The molecule has 0 saturated carbocycles. The van der Waals surface area contributed by atoms with Crippen LogP contribution in [0.4, 0.5) is 0 Å². The predicted octanol–water partition coefficient (Wildman–Crippen LogP) is 4.09. The van der Waals surface area contributed by atoms with Crippen LogP contribution in [0.25, 0.3) is 11.0 Å². The highest BCUT2D eigenvalue weighted by Gasteiger charge is 2.30. The van der Waals surface area contributed by atoms with Gasteiger partial charge in [0.2, 0.25) is 0 Å². The Kier molecular flexibility index (Phi) is 7.59. The number of rotatable bonds is 9. The monoisotopic (exact) mass is 511 g/mol. The molecule has 0 radical (unpaired) electrons. The molecule has 2 N–H and O–H groups in total. The lowest BCUT2D eigenvalue weighted by molar-refractivity contribution is -0.141. The van der Waals surface area contributed by atoms with E-state index in [1.54, 1.807) is 13.0 Å². The van der Waals surface area contributed by atoms with Gasteiger partial charge in [0.25, 0.3) is 5.91 Å². The van der Waals surface area contributed by atoms with Gasteiger partial charge in [0.05, 0.1) is 5.39 Å². The van der Waals surface area contributed by atoms with Gasteiger partial charge in [0.1, 0.15) is 28.7 Å². The summed E-state index contributed by atoms with van der Waals surface area (Å²) < 4.78 is 17.5. The lowest BCUT2D eigenvalue weighted by Gasteiger charge is -2.33. The third-order valence-electron chi connectivity index (χ3n) is 5.99. The molecule has 1 atom stereocenters. The van der Waals surface area contributed by atoms with Gasteiger partial charge in [-0.15, -0.1) is 0 Å². The van der Waals surface area contributed by atoms with E-state index in [2.05, 4.69) is 5.32 Å². The number of ether oxygens (including phenoxy) is 2. The molecule has 36 heavy (non-hydrogen) atoms. The third kappa shape index (κ3) is 6.02. The zero-order valence-corrected chi connectivity index (χ0v) is 21.3. The number of thioether (sulfide) groups is 1. The molecule has 9 heteroatoms. The predicted molar refractivity (Wildman–Crippen MR) is 138 cm³/mol. The number of hydrogen-bond donors (Lipinski definition) is 2. The van der Waals surface area contributed by atoms with Crippen LogP contribution in [-0.4, -0.2) is 41.0 Å². The summed E-state index contributed by atoms with van der Waals surface area (Å²) in [6, 6.07) is 11.7. The number of amides is 1. The maximum Gasteiger partial charge on any atom is 0.336 e. The van der Waals surface area contributed by atoms with Crippen molar-refractivity contribution in [3.05, 3.63) is 69.6 Å².